The van der Waals surface area contributed by atoms with Crippen LogP contribution in [0.2, 0.25) is 0 Å². The quantitative estimate of drug-likeness (QED) is 0.832. The summed E-state index contributed by atoms with van der Waals surface area (Å²) in [4.78, 5) is 4.70. The number of methoxy groups -OCH3 is 1. The van der Waals surface area contributed by atoms with Crippen molar-refractivity contribution < 1.29 is 4.74 Å². The highest BCUT2D eigenvalue weighted by Crippen LogP contribution is 2.32. The molecule has 0 saturated carbocycles. The van der Waals surface area contributed by atoms with Crippen molar-refractivity contribution in [2.45, 2.75) is 45.3 Å². The number of hydrogen-bond donors (Lipinski definition) is 1. The predicted molar refractivity (Wildman–Crippen MR) is 68.9 cm³/mol. The molecule has 0 aliphatic carbocycles. The van der Waals surface area contributed by atoms with Gasteiger partial charge in [0.2, 0.25) is 0 Å². The van der Waals surface area contributed by atoms with E-state index in [0.717, 1.165) is 23.5 Å². The Labute approximate surface area is 102 Å². The molecular formula is C12H22N2OS. The number of rotatable bonds is 6. The lowest BCUT2D eigenvalue weighted by Crippen LogP contribution is -2.23. The first-order valence-electron chi connectivity index (χ1n) is 5.79. The van der Waals surface area contributed by atoms with Gasteiger partial charge in [-0.2, -0.15) is 0 Å². The van der Waals surface area contributed by atoms with Gasteiger partial charge in [0.05, 0.1) is 5.69 Å². The van der Waals surface area contributed by atoms with Crippen LogP contribution in [0.1, 0.15) is 50.4 Å². The average Bonchev–Trinajstić information content (AvgIpc) is 2.80. The Kier molecular flexibility index (Phi) is 4.89. The van der Waals surface area contributed by atoms with E-state index in [9.17, 15) is 0 Å². The molecule has 1 N–H and O–H groups in total. The van der Waals surface area contributed by atoms with Crippen molar-refractivity contribution in [3.8, 4) is 0 Å². The van der Waals surface area contributed by atoms with Crippen LogP contribution in [-0.4, -0.2) is 19.1 Å². The SMILES string of the molecule is CCC(NC)c1csc(C(C)(CC)OC)n1. The molecule has 0 aromatic carbocycles. The zero-order valence-corrected chi connectivity index (χ0v) is 11.6. The topological polar surface area (TPSA) is 34.1 Å². The Morgan fingerprint density at radius 2 is 2.25 bits per heavy atom. The monoisotopic (exact) mass is 242 g/mol. The van der Waals surface area contributed by atoms with Crippen LogP contribution in [0.15, 0.2) is 5.38 Å². The second kappa shape index (κ2) is 5.75. The minimum atomic E-state index is -0.241. The number of hydrogen-bond acceptors (Lipinski definition) is 4. The molecule has 0 saturated heterocycles. The number of nitrogens with one attached hydrogen (secondary N) is 1. The fourth-order valence-electron chi connectivity index (χ4n) is 1.63. The summed E-state index contributed by atoms with van der Waals surface area (Å²) in [5, 5.41) is 6.47. The van der Waals surface area contributed by atoms with Crippen molar-refractivity contribution in [1.82, 2.24) is 10.3 Å². The van der Waals surface area contributed by atoms with Crippen LogP contribution in [0.4, 0.5) is 0 Å². The lowest BCUT2D eigenvalue weighted by Gasteiger charge is -2.23. The van der Waals surface area contributed by atoms with E-state index in [0.29, 0.717) is 6.04 Å². The molecule has 2 unspecified atom stereocenters. The smallest absolute Gasteiger partial charge is 0.125 e. The Morgan fingerprint density at radius 3 is 2.69 bits per heavy atom. The zero-order valence-electron chi connectivity index (χ0n) is 10.8. The van der Waals surface area contributed by atoms with Gasteiger partial charge in [0.25, 0.3) is 0 Å². The highest BCUT2D eigenvalue weighted by atomic mass is 32.1. The minimum absolute atomic E-state index is 0.241. The molecule has 0 radical (unpaired) electrons. The summed E-state index contributed by atoms with van der Waals surface area (Å²) in [6.07, 6.45) is 1.99. The van der Waals surface area contributed by atoms with Crippen LogP contribution in [-0.2, 0) is 10.3 Å². The van der Waals surface area contributed by atoms with Gasteiger partial charge in [0.1, 0.15) is 10.6 Å². The van der Waals surface area contributed by atoms with Gasteiger partial charge in [-0.3, -0.25) is 0 Å². The van der Waals surface area contributed by atoms with E-state index >= 15 is 0 Å². The Bertz CT molecular complexity index is 317. The molecule has 4 heteroatoms. The van der Waals surface area contributed by atoms with E-state index < -0.39 is 0 Å². The molecule has 16 heavy (non-hydrogen) atoms. The fraction of sp³-hybridized carbons (Fsp3) is 0.750. The van der Waals surface area contributed by atoms with Crippen LogP contribution >= 0.6 is 11.3 Å². The summed E-state index contributed by atoms with van der Waals surface area (Å²) in [6.45, 7) is 6.38. The molecule has 0 amide bonds. The number of ether oxygens (including phenoxy) is 1. The standard InChI is InChI=1S/C12H22N2OS/c1-6-9(13-4)10-8-16-11(14-10)12(3,7-2)15-5/h8-9,13H,6-7H2,1-5H3. The molecule has 0 spiro atoms. The average molecular weight is 242 g/mol. The second-order valence-electron chi connectivity index (χ2n) is 4.12. The molecule has 0 fully saturated rings. The Balaban J connectivity index is 2.93. The molecule has 1 aromatic rings. The second-order valence-corrected chi connectivity index (χ2v) is 4.97. The van der Waals surface area contributed by atoms with Crippen molar-refractivity contribution >= 4 is 11.3 Å². The molecule has 0 aliphatic rings. The predicted octanol–water partition coefficient (Wildman–Crippen LogP) is 3.09. The van der Waals surface area contributed by atoms with Crippen molar-refractivity contribution in [1.29, 1.82) is 0 Å². The highest BCUT2D eigenvalue weighted by molar-refractivity contribution is 7.09. The molecule has 1 aromatic heterocycles. The van der Waals surface area contributed by atoms with E-state index in [1.165, 1.54) is 0 Å². The van der Waals surface area contributed by atoms with Gasteiger partial charge in [0, 0.05) is 18.5 Å². The van der Waals surface area contributed by atoms with Gasteiger partial charge < -0.3 is 10.1 Å². The lowest BCUT2D eigenvalue weighted by molar-refractivity contribution is -0.00171. The molecular weight excluding hydrogens is 220 g/mol. The molecule has 1 rings (SSSR count). The first kappa shape index (κ1) is 13.6. The largest absolute Gasteiger partial charge is 0.371 e. The maximum Gasteiger partial charge on any atom is 0.125 e. The third-order valence-corrected chi connectivity index (χ3v) is 4.32. The summed E-state index contributed by atoms with van der Waals surface area (Å²) < 4.78 is 5.56. The van der Waals surface area contributed by atoms with E-state index in [2.05, 4.69) is 31.5 Å². The Morgan fingerprint density at radius 1 is 1.56 bits per heavy atom. The van der Waals surface area contributed by atoms with Crippen molar-refractivity contribution in [2.24, 2.45) is 0 Å². The van der Waals surface area contributed by atoms with Crippen molar-refractivity contribution in [3.63, 3.8) is 0 Å². The molecule has 0 bridgehead atoms. The van der Waals surface area contributed by atoms with E-state index in [-0.39, 0.29) is 5.60 Å². The summed E-state index contributed by atoms with van der Waals surface area (Å²) in [7, 11) is 3.72. The normalized spacial score (nSPS) is 17.1. The molecule has 92 valence electrons. The Hall–Kier alpha value is -0.450. The van der Waals surface area contributed by atoms with Crippen molar-refractivity contribution in [3.05, 3.63) is 16.1 Å². The lowest BCUT2D eigenvalue weighted by atomic mass is 10.0. The molecule has 1 heterocycles. The number of thiazole rings is 1. The minimum Gasteiger partial charge on any atom is -0.371 e. The first-order chi connectivity index (χ1) is 7.61. The highest BCUT2D eigenvalue weighted by Gasteiger charge is 2.28. The third-order valence-electron chi connectivity index (χ3n) is 3.21. The molecule has 2 atom stereocenters. The van der Waals surface area contributed by atoms with Gasteiger partial charge in [-0.15, -0.1) is 11.3 Å². The van der Waals surface area contributed by atoms with Gasteiger partial charge in [-0.25, -0.2) is 4.98 Å². The third kappa shape index (κ3) is 2.62. The maximum atomic E-state index is 5.56. The summed E-state index contributed by atoms with van der Waals surface area (Å²) in [5.41, 5.74) is 0.885. The van der Waals surface area contributed by atoms with Gasteiger partial charge >= 0.3 is 0 Å². The first-order valence-corrected chi connectivity index (χ1v) is 6.67. The van der Waals surface area contributed by atoms with E-state index in [4.69, 9.17) is 9.72 Å². The summed E-state index contributed by atoms with van der Waals surface area (Å²) in [6, 6.07) is 0.350. The maximum absolute atomic E-state index is 5.56. The number of aromatic nitrogens is 1. The van der Waals surface area contributed by atoms with Crippen LogP contribution in [0.3, 0.4) is 0 Å². The van der Waals surface area contributed by atoms with Gasteiger partial charge in [-0.1, -0.05) is 13.8 Å². The summed E-state index contributed by atoms with van der Waals surface area (Å²) in [5.74, 6) is 0. The van der Waals surface area contributed by atoms with Gasteiger partial charge in [-0.05, 0) is 26.8 Å². The summed E-state index contributed by atoms with van der Waals surface area (Å²) >= 11 is 1.69. The molecule has 3 nitrogen and oxygen atoms in total. The fourth-order valence-corrected chi connectivity index (χ4v) is 2.72. The zero-order chi connectivity index (χ0) is 12.2. The van der Waals surface area contributed by atoms with Crippen LogP contribution in [0.5, 0.6) is 0 Å². The molecule has 0 aliphatic heterocycles. The van der Waals surface area contributed by atoms with Crippen molar-refractivity contribution in [2.75, 3.05) is 14.2 Å². The van der Waals surface area contributed by atoms with E-state index in [1.807, 2.05) is 7.05 Å². The van der Waals surface area contributed by atoms with Crippen LogP contribution in [0.25, 0.3) is 0 Å². The van der Waals surface area contributed by atoms with E-state index in [1.54, 1.807) is 18.4 Å². The van der Waals surface area contributed by atoms with Crippen LogP contribution in [0, 0.1) is 0 Å². The van der Waals surface area contributed by atoms with Gasteiger partial charge in [0.15, 0.2) is 0 Å². The van der Waals surface area contributed by atoms with Crippen LogP contribution < -0.4 is 5.32 Å². The number of nitrogens with zero attached hydrogens (tertiary/aromatic N) is 1.